The number of methoxy groups -OCH3 is 2. The van der Waals surface area contributed by atoms with E-state index in [1.807, 2.05) is 29.2 Å². The van der Waals surface area contributed by atoms with Gasteiger partial charge in [0.15, 0.2) is 0 Å². The second-order valence-corrected chi connectivity index (χ2v) is 5.92. The molecule has 1 N–H and O–H groups in total. The van der Waals surface area contributed by atoms with Crippen molar-refractivity contribution in [2.24, 2.45) is 0 Å². The molecule has 26 heavy (non-hydrogen) atoms. The third kappa shape index (κ3) is 4.88. The summed E-state index contributed by atoms with van der Waals surface area (Å²) in [6.45, 7) is 5.63. The zero-order chi connectivity index (χ0) is 18.9. The van der Waals surface area contributed by atoms with Crippen molar-refractivity contribution in [3.8, 4) is 11.5 Å². The predicted octanol–water partition coefficient (Wildman–Crippen LogP) is 4.10. The summed E-state index contributed by atoms with van der Waals surface area (Å²) in [4.78, 5) is 18.8. The molecule has 0 fully saturated rings. The maximum Gasteiger partial charge on any atom is 0.272 e. The third-order valence-corrected chi connectivity index (χ3v) is 3.94. The lowest BCUT2D eigenvalue weighted by Gasteiger charge is -2.21. The Labute approximate surface area is 155 Å². The van der Waals surface area contributed by atoms with Crippen molar-refractivity contribution in [1.82, 2.24) is 9.88 Å². The molecule has 1 amide bonds. The Hall–Kier alpha value is -2.76. The minimum atomic E-state index is -0.0285. The van der Waals surface area contributed by atoms with Crippen molar-refractivity contribution in [2.45, 2.75) is 26.7 Å². The van der Waals surface area contributed by atoms with Gasteiger partial charge in [0, 0.05) is 19.2 Å². The maximum absolute atomic E-state index is 12.6. The molecule has 0 radical (unpaired) electrons. The lowest BCUT2D eigenvalue weighted by atomic mass is 10.2. The molecule has 2 aromatic rings. The van der Waals surface area contributed by atoms with Crippen molar-refractivity contribution >= 4 is 17.3 Å². The van der Waals surface area contributed by atoms with Crippen molar-refractivity contribution < 1.29 is 14.3 Å². The topological polar surface area (TPSA) is 63.7 Å². The smallest absolute Gasteiger partial charge is 0.272 e. The first-order chi connectivity index (χ1) is 12.6. The summed E-state index contributed by atoms with van der Waals surface area (Å²) in [5.41, 5.74) is 1.99. The van der Waals surface area contributed by atoms with Crippen LogP contribution in [0.5, 0.6) is 11.5 Å². The number of nitrogens with one attached hydrogen (secondary N) is 1. The number of aromatic nitrogens is 1. The van der Waals surface area contributed by atoms with Gasteiger partial charge in [0.1, 0.15) is 17.2 Å². The van der Waals surface area contributed by atoms with Gasteiger partial charge in [0.25, 0.3) is 5.91 Å². The Morgan fingerprint density at radius 2 is 1.81 bits per heavy atom. The highest BCUT2D eigenvalue weighted by atomic mass is 16.5. The molecule has 0 saturated carbocycles. The Morgan fingerprint density at radius 3 is 2.35 bits per heavy atom. The molecule has 1 heterocycles. The quantitative estimate of drug-likeness (QED) is 0.732. The maximum atomic E-state index is 12.6. The number of hydrogen-bond acceptors (Lipinski definition) is 5. The van der Waals surface area contributed by atoms with Crippen LogP contribution in [0.4, 0.5) is 11.4 Å². The number of pyridine rings is 1. The van der Waals surface area contributed by atoms with E-state index in [2.05, 4.69) is 24.1 Å². The highest BCUT2D eigenvalue weighted by molar-refractivity contribution is 5.92. The van der Waals surface area contributed by atoms with Gasteiger partial charge in [-0.15, -0.1) is 0 Å². The van der Waals surface area contributed by atoms with Crippen LogP contribution in [-0.4, -0.2) is 43.1 Å². The fraction of sp³-hybridized carbons (Fsp3) is 0.400. The first-order valence-corrected chi connectivity index (χ1v) is 8.87. The lowest BCUT2D eigenvalue weighted by molar-refractivity contribution is 0.0749. The summed E-state index contributed by atoms with van der Waals surface area (Å²) in [7, 11) is 3.23. The van der Waals surface area contributed by atoms with Gasteiger partial charge in [-0.25, -0.2) is 4.98 Å². The van der Waals surface area contributed by atoms with Crippen LogP contribution in [0.2, 0.25) is 0 Å². The molecule has 0 aliphatic heterocycles. The first-order valence-electron chi connectivity index (χ1n) is 8.87. The molecule has 1 aromatic carbocycles. The summed E-state index contributed by atoms with van der Waals surface area (Å²) >= 11 is 0. The second-order valence-electron chi connectivity index (χ2n) is 5.92. The predicted molar refractivity (Wildman–Crippen MR) is 104 cm³/mol. The van der Waals surface area contributed by atoms with E-state index in [0.717, 1.165) is 43.1 Å². The van der Waals surface area contributed by atoms with Crippen LogP contribution in [0.1, 0.15) is 37.2 Å². The fourth-order valence-electron chi connectivity index (χ4n) is 2.68. The highest BCUT2D eigenvalue weighted by Gasteiger charge is 2.15. The third-order valence-electron chi connectivity index (χ3n) is 3.94. The number of ether oxygens (including phenoxy) is 2. The molecule has 0 saturated heterocycles. The number of benzene rings is 1. The van der Waals surface area contributed by atoms with Gasteiger partial charge < -0.3 is 19.7 Å². The summed E-state index contributed by atoms with van der Waals surface area (Å²) in [5.74, 6) is 1.39. The largest absolute Gasteiger partial charge is 0.497 e. The number of rotatable bonds is 9. The van der Waals surface area contributed by atoms with Gasteiger partial charge >= 0.3 is 0 Å². The molecule has 6 nitrogen and oxygen atoms in total. The molecular formula is C20H27N3O3. The first kappa shape index (κ1) is 19.6. The standard InChI is InChI=1S/C20H27N3O3/c1-5-11-23(12-6-2)20(24)17-9-7-15(14-21-17)22-18-13-16(25-3)8-10-19(18)26-4/h7-10,13-14,22H,5-6,11-12H2,1-4H3. The molecule has 2 rings (SSSR count). The van der Waals surface area contributed by atoms with E-state index < -0.39 is 0 Å². The number of carbonyl (C=O) groups excluding carboxylic acids is 1. The van der Waals surface area contributed by atoms with Gasteiger partial charge in [-0.05, 0) is 37.1 Å². The molecule has 0 bridgehead atoms. The summed E-state index contributed by atoms with van der Waals surface area (Å²) in [6.07, 6.45) is 3.52. The van der Waals surface area contributed by atoms with E-state index in [1.54, 1.807) is 26.5 Å². The Morgan fingerprint density at radius 1 is 1.08 bits per heavy atom. The Bertz CT molecular complexity index is 711. The van der Waals surface area contributed by atoms with Gasteiger partial charge in [-0.3, -0.25) is 4.79 Å². The average molecular weight is 357 g/mol. The number of anilines is 2. The van der Waals surface area contributed by atoms with Gasteiger partial charge in [0.2, 0.25) is 0 Å². The molecular weight excluding hydrogens is 330 g/mol. The molecule has 1 aromatic heterocycles. The van der Waals surface area contributed by atoms with Gasteiger partial charge in [-0.2, -0.15) is 0 Å². The van der Waals surface area contributed by atoms with Crippen molar-refractivity contribution in [2.75, 3.05) is 32.6 Å². The average Bonchev–Trinajstić information content (AvgIpc) is 2.67. The number of nitrogens with zero attached hydrogens (tertiary/aromatic N) is 2. The normalized spacial score (nSPS) is 10.3. The molecule has 0 aliphatic carbocycles. The van der Waals surface area contributed by atoms with E-state index in [9.17, 15) is 4.79 Å². The van der Waals surface area contributed by atoms with Crippen LogP contribution < -0.4 is 14.8 Å². The Balaban J connectivity index is 2.16. The van der Waals surface area contributed by atoms with Crippen LogP contribution in [0.25, 0.3) is 0 Å². The SMILES string of the molecule is CCCN(CCC)C(=O)c1ccc(Nc2cc(OC)ccc2OC)cn1. The molecule has 0 aliphatic rings. The van der Waals surface area contributed by atoms with Crippen LogP contribution in [-0.2, 0) is 0 Å². The second kappa shape index (κ2) is 9.65. The summed E-state index contributed by atoms with van der Waals surface area (Å²) in [5, 5.41) is 3.25. The minimum Gasteiger partial charge on any atom is -0.497 e. The van der Waals surface area contributed by atoms with E-state index >= 15 is 0 Å². The van der Waals surface area contributed by atoms with E-state index in [-0.39, 0.29) is 5.91 Å². The van der Waals surface area contributed by atoms with Crippen molar-refractivity contribution in [3.63, 3.8) is 0 Å². The Kier molecular flexibility index (Phi) is 7.26. The zero-order valence-electron chi connectivity index (χ0n) is 15.9. The van der Waals surface area contributed by atoms with Gasteiger partial charge in [-0.1, -0.05) is 13.8 Å². The zero-order valence-corrected chi connectivity index (χ0v) is 15.9. The van der Waals surface area contributed by atoms with E-state index in [1.165, 1.54) is 0 Å². The number of carbonyl (C=O) groups is 1. The van der Waals surface area contributed by atoms with E-state index in [4.69, 9.17) is 9.47 Å². The van der Waals surface area contributed by atoms with Crippen LogP contribution >= 0.6 is 0 Å². The van der Waals surface area contributed by atoms with Crippen molar-refractivity contribution in [3.05, 3.63) is 42.2 Å². The fourth-order valence-corrected chi connectivity index (χ4v) is 2.68. The van der Waals surface area contributed by atoms with Gasteiger partial charge in [0.05, 0.1) is 31.8 Å². The molecule has 0 atom stereocenters. The summed E-state index contributed by atoms with van der Waals surface area (Å²) in [6, 6.07) is 9.10. The minimum absolute atomic E-state index is 0.0285. The molecule has 140 valence electrons. The molecule has 0 unspecified atom stereocenters. The molecule has 6 heteroatoms. The number of hydrogen-bond donors (Lipinski definition) is 1. The number of amides is 1. The molecule has 0 spiro atoms. The lowest BCUT2D eigenvalue weighted by Crippen LogP contribution is -2.33. The summed E-state index contributed by atoms with van der Waals surface area (Å²) < 4.78 is 10.6. The van der Waals surface area contributed by atoms with E-state index in [0.29, 0.717) is 11.4 Å². The van der Waals surface area contributed by atoms with Crippen LogP contribution in [0.3, 0.4) is 0 Å². The monoisotopic (exact) mass is 357 g/mol. The van der Waals surface area contributed by atoms with Crippen molar-refractivity contribution in [1.29, 1.82) is 0 Å². The highest BCUT2D eigenvalue weighted by Crippen LogP contribution is 2.31. The van der Waals surface area contributed by atoms with Crippen LogP contribution in [0, 0.1) is 0 Å². The van der Waals surface area contributed by atoms with Crippen LogP contribution in [0.15, 0.2) is 36.5 Å².